The van der Waals surface area contributed by atoms with E-state index in [0.29, 0.717) is 30.3 Å². The summed E-state index contributed by atoms with van der Waals surface area (Å²) < 4.78 is 0. The number of nitrogens with one attached hydrogen (secondary N) is 1. The van der Waals surface area contributed by atoms with Crippen molar-refractivity contribution in [3.8, 4) is 0 Å². The van der Waals surface area contributed by atoms with Crippen molar-refractivity contribution in [2.75, 3.05) is 54.0 Å². The SMILES string of the molecule is CCC(CC)N1CCN(c2ccc(N3CCN(C(=O)NC4C5CC6CC4CC(C(N)=O)(C6)C5)c4ccccc43)cc2)CC1. The number of carbonyl (C=O) groups excluding carboxylic acids is 2. The van der Waals surface area contributed by atoms with E-state index in [1.165, 1.54) is 18.5 Å². The molecular formula is C35H48N6O2. The minimum absolute atomic E-state index is 0.0134. The van der Waals surface area contributed by atoms with Crippen LogP contribution in [0.5, 0.6) is 0 Å². The number of hydrogen-bond donors (Lipinski definition) is 2. The van der Waals surface area contributed by atoms with Crippen LogP contribution in [-0.4, -0.2) is 68.2 Å². The van der Waals surface area contributed by atoms with Gasteiger partial charge in [-0.1, -0.05) is 26.0 Å². The molecule has 4 saturated carbocycles. The zero-order chi connectivity index (χ0) is 29.7. The van der Waals surface area contributed by atoms with E-state index in [1.54, 1.807) is 0 Å². The van der Waals surface area contributed by atoms with E-state index >= 15 is 0 Å². The zero-order valence-corrected chi connectivity index (χ0v) is 25.9. The number of benzene rings is 2. The van der Waals surface area contributed by atoms with E-state index in [2.05, 4.69) is 76.3 Å². The quantitative estimate of drug-likeness (QED) is 0.459. The number of urea groups is 1. The van der Waals surface area contributed by atoms with Gasteiger partial charge in [0.1, 0.15) is 0 Å². The number of primary amides is 1. The Bertz CT molecular complexity index is 1320. The second-order valence-corrected chi connectivity index (χ2v) is 13.9. The summed E-state index contributed by atoms with van der Waals surface area (Å²) in [6.07, 6.45) is 7.25. The lowest BCUT2D eigenvalue weighted by atomic mass is 9.47. The number of nitrogens with two attached hydrogens (primary N) is 1. The predicted octanol–water partition coefficient (Wildman–Crippen LogP) is 5.35. The molecular weight excluding hydrogens is 536 g/mol. The molecule has 5 fully saturated rings. The first-order valence-electron chi connectivity index (χ1n) is 16.7. The van der Waals surface area contributed by atoms with Crippen molar-refractivity contribution in [2.24, 2.45) is 28.9 Å². The van der Waals surface area contributed by atoms with Crippen molar-refractivity contribution in [2.45, 2.75) is 70.9 Å². The van der Waals surface area contributed by atoms with Crippen LogP contribution in [0.2, 0.25) is 0 Å². The van der Waals surface area contributed by atoms with Crippen molar-refractivity contribution in [3.05, 3.63) is 48.5 Å². The molecule has 3 amide bonds. The summed E-state index contributed by atoms with van der Waals surface area (Å²) >= 11 is 0. The normalized spacial score (nSPS) is 30.1. The Hall–Kier alpha value is -3.26. The molecule has 43 heavy (non-hydrogen) atoms. The van der Waals surface area contributed by atoms with Gasteiger partial charge in [0, 0.05) is 68.1 Å². The molecule has 3 N–H and O–H groups in total. The van der Waals surface area contributed by atoms with Crippen LogP contribution < -0.4 is 25.8 Å². The van der Waals surface area contributed by atoms with E-state index in [4.69, 9.17) is 5.73 Å². The molecule has 8 heteroatoms. The van der Waals surface area contributed by atoms with Gasteiger partial charge in [-0.05, 0) is 99.1 Å². The average Bonchev–Trinajstić information content (AvgIpc) is 3.03. The molecule has 0 radical (unpaired) electrons. The van der Waals surface area contributed by atoms with Gasteiger partial charge in [-0.3, -0.25) is 14.6 Å². The lowest BCUT2D eigenvalue weighted by Crippen LogP contribution is -2.63. The van der Waals surface area contributed by atoms with Crippen molar-refractivity contribution >= 4 is 34.7 Å². The van der Waals surface area contributed by atoms with Gasteiger partial charge < -0.3 is 20.9 Å². The van der Waals surface area contributed by atoms with Gasteiger partial charge in [0.05, 0.1) is 11.4 Å². The van der Waals surface area contributed by atoms with Gasteiger partial charge in [-0.25, -0.2) is 4.79 Å². The van der Waals surface area contributed by atoms with Crippen LogP contribution in [0, 0.1) is 23.2 Å². The largest absolute Gasteiger partial charge is 0.369 e. The van der Waals surface area contributed by atoms with Crippen molar-refractivity contribution in [3.63, 3.8) is 0 Å². The summed E-state index contributed by atoms with van der Waals surface area (Å²) in [5.74, 6) is 1.14. The topological polar surface area (TPSA) is 85.2 Å². The Balaban J connectivity index is 1.03. The first kappa shape index (κ1) is 28.5. The number of rotatable bonds is 7. The molecule has 2 aromatic rings. The van der Waals surface area contributed by atoms with Gasteiger partial charge in [0.2, 0.25) is 5.91 Å². The Morgan fingerprint density at radius 3 is 2.09 bits per heavy atom. The minimum Gasteiger partial charge on any atom is -0.369 e. The molecule has 0 aromatic heterocycles. The molecule has 6 aliphatic rings. The van der Waals surface area contributed by atoms with E-state index in [9.17, 15) is 9.59 Å². The van der Waals surface area contributed by atoms with Gasteiger partial charge in [-0.15, -0.1) is 0 Å². The highest BCUT2D eigenvalue weighted by Crippen LogP contribution is 2.60. The van der Waals surface area contributed by atoms with Crippen molar-refractivity contribution in [1.29, 1.82) is 0 Å². The Kier molecular flexibility index (Phi) is 7.52. The number of amides is 3. The van der Waals surface area contributed by atoms with Crippen molar-refractivity contribution in [1.82, 2.24) is 10.2 Å². The summed E-state index contributed by atoms with van der Waals surface area (Å²) in [5, 5.41) is 3.45. The van der Waals surface area contributed by atoms with Gasteiger partial charge in [0.15, 0.2) is 0 Å². The Morgan fingerprint density at radius 1 is 0.837 bits per heavy atom. The van der Waals surface area contributed by atoms with Crippen LogP contribution >= 0.6 is 0 Å². The number of piperazine rings is 1. The van der Waals surface area contributed by atoms with Crippen LogP contribution in [0.15, 0.2) is 48.5 Å². The molecule has 4 aliphatic carbocycles. The van der Waals surface area contributed by atoms with Gasteiger partial charge >= 0.3 is 6.03 Å². The molecule has 8 rings (SSSR count). The zero-order valence-electron chi connectivity index (χ0n) is 25.9. The smallest absolute Gasteiger partial charge is 0.322 e. The van der Waals surface area contributed by atoms with Crippen LogP contribution in [0.4, 0.5) is 27.5 Å². The summed E-state index contributed by atoms with van der Waals surface area (Å²) in [5.41, 5.74) is 10.0. The van der Waals surface area contributed by atoms with Gasteiger partial charge in [0.25, 0.3) is 0 Å². The maximum Gasteiger partial charge on any atom is 0.322 e. The van der Waals surface area contributed by atoms with Crippen LogP contribution in [0.1, 0.15) is 58.8 Å². The highest BCUT2D eigenvalue weighted by atomic mass is 16.2. The highest BCUT2D eigenvalue weighted by Gasteiger charge is 2.58. The van der Waals surface area contributed by atoms with Crippen LogP contribution in [0.3, 0.4) is 0 Å². The van der Waals surface area contributed by atoms with E-state index in [-0.39, 0.29) is 23.4 Å². The Labute approximate surface area is 256 Å². The third-order valence-corrected chi connectivity index (χ3v) is 11.6. The fraction of sp³-hybridized carbons (Fsp3) is 0.600. The first-order chi connectivity index (χ1) is 20.9. The molecule has 2 aromatic carbocycles. The van der Waals surface area contributed by atoms with Gasteiger partial charge in [-0.2, -0.15) is 0 Å². The number of anilines is 4. The summed E-state index contributed by atoms with van der Waals surface area (Å²) in [6, 6.07) is 18.1. The second kappa shape index (κ2) is 11.3. The summed E-state index contributed by atoms with van der Waals surface area (Å²) in [6.45, 7) is 10.4. The number of carbonyl (C=O) groups is 2. The molecule has 230 valence electrons. The minimum atomic E-state index is -0.340. The number of nitrogens with zero attached hydrogens (tertiary/aromatic N) is 4. The number of hydrogen-bond acceptors (Lipinski definition) is 5. The average molecular weight is 585 g/mol. The number of fused-ring (bicyclic) bond motifs is 1. The van der Waals surface area contributed by atoms with E-state index in [1.807, 2.05) is 11.0 Å². The number of para-hydroxylation sites is 2. The third-order valence-electron chi connectivity index (χ3n) is 11.6. The molecule has 8 nitrogen and oxygen atoms in total. The van der Waals surface area contributed by atoms with E-state index in [0.717, 1.165) is 81.9 Å². The molecule has 4 bridgehead atoms. The second-order valence-electron chi connectivity index (χ2n) is 13.9. The maximum absolute atomic E-state index is 13.8. The lowest BCUT2D eigenvalue weighted by molar-refractivity contribution is -0.145. The van der Waals surface area contributed by atoms with Crippen LogP contribution in [-0.2, 0) is 4.79 Å². The lowest BCUT2D eigenvalue weighted by Gasteiger charge is -2.59. The predicted molar refractivity (Wildman–Crippen MR) is 173 cm³/mol. The molecule has 2 atom stereocenters. The molecule has 2 heterocycles. The molecule has 2 aliphatic heterocycles. The summed E-state index contributed by atoms with van der Waals surface area (Å²) in [4.78, 5) is 35.6. The standard InChI is InChI=1S/C35H48N6O2/c1-3-27(4-2)38-13-15-39(16-14-38)28-9-11-29(12-10-28)40-17-18-41(31-8-6-5-7-30(31)40)34(43)37-32-25-19-24-20-26(32)23-35(21-24,22-25)33(36)42/h5-12,24-27,32H,3-4,13-23H2,1-2H3,(H2,36,42)(H,37,43). The molecule has 0 spiro atoms. The maximum atomic E-state index is 13.8. The Morgan fingerprint density at radius 2 is 1.47 bits per heavy atom. The first-order valence-corrected chi connectivity index (χ1v) is 16.7. The van der Waals surface area contributed by atoms with Crippen molar-refractivity contribution < 1.29 is 9.59 Å². The molecule has 2 unspecified atom stereocenters. The monoisotopic (exact) mass is 584 g/mol. The summed E-state index contributed by atoms with van der Waals surface area (Å²) in [7, 11) is 0. The van der Waals surface area contributed by atoms with E-state index < -0.39 is 0 Å². The third kappa shape index (κ3) is 5.05. The fourth-order valence-electron chi connectivity index (χ4n) is 9.62. The molecule has 1 saturated heterocycles. The highest BCUT2D eigenvalue weighted by molar-refractivity contribution is 5.98. The fourth-order valence-corrected chi connectivity index (χ4v) is 9.62. The van der Waals surface area contributed by atoms with Crippen LogP contribution in [0.25, 0.3) is 0 Å².